The summed E-state index contributed by atoms with van der Waals surface area (Å²) in [7, 11) is 0. The fraction of sp³-hybridized carbons (Fsp3) is 0.824. The first-order chi connectivity index (χ1) is 9.92. The third kappa shape index (κ3) is 9.53. The number of amides is 2. The van der Waals surface area contributed by atoms with Gasteiger partial charge >= 0.3 is 0 Å². The summed E-state index contributed by atoms with van der Waals surface area (Å²) in [6.07, 6.45) is 1.32. The number of hydrogen-bond donors (Lipinski definition) is 2. The molecule has 0 aromatic carbocycles. The van der Waals surface area contributed by atoms with Crippen LogP contribution in [0, 0.1) is 11.3 Å². The third-order valence-corrected chi connectivity index (χ3v) is 3.35. The average molecular weight is 312 g/mol. The second-order valence-corrected chi connectivity index (χ2v) is 7.58. The van der Waals surface area contributed by atoms with Crippen molar-refractivity contribution < 1.29 is 14.4 Å². The normalized spacial score (nSPS) is 14.4. The zero-order valence-corrected chi connectivity index (χ0v) is 15.1. The zero-order chi connectivity index (χ0) is 17.5. The van der Waals surface area contributed by atoms with E-state index in [1.54, 1.807) is 13.8 Å². The Kier molecular flexibility index (Phi) is 8.35. The third-order valence-electron chi connectivity index (χ3n) is 3.35. The van der Waals surface area contributed by atoms with E-state index >= 15 is 0 Å². The Bertz CT molecular complexity index is 397. The van der Waals surface area contributed by atoms with Crippen LogP contribution in [0.1, 0.15) is 67.7 Å². The molecule has 2 atom stereocenters. The lowest BCUT2D eigenvalue weighted by molar-refractivity contribution is -0.131. The molecule has 0 radical (unpaired) electrons. The van der Waals surface area contributed by atoms with Crippen molar-refractivity contribution in [2.24, 2.45) is 11.3 Å². The predicted octanol–water partition coefficient (Wildman–Crippen LogP) is 2.44. The van der Waals surface area contributed by atoms with Gasteiger partial charge in [-0.25, -0.2) is 0 Å². The van der Waals surface area contributed by atoms with Gasteiger partial charge in [0.2, 0.25) is 11.8 Å². The number of Topliss-reactive ketones (excluding diaryl/α,β-unsaturated/α-hetero) is 1. The van der Waals surface area contributed by atoms with Crippen LogP contribution in [-0.4, -0.2) is 29.7 Å². The number of nitrogens with one attached hydrogen (secondary N) is 2. The lowest BCUT2D eigenvalue weighted by atomic mass is 9.90. The van der Waals surface area contributed by atoms with Crippen molar-refractivity contribution in [1.29, 1.82) is 0 Å². The molecule has 0 unspecified atom stereocenters. The van der Waals surface area contributed by atoms with Crippen LogP contribution in [0.3, 0.4) is 0 Å². The Hall–Kier alpha value is -1.39. The van der Waals surface area contributed by atoms with Gasteiger partial charge in [0.1, 0.15) is 0 Å². The van der Waals surface area contributed by atoms with Crippen molar-refractivity contribution in [2.75, 3.05) is 0 Å². The van der Waals surface area contributed by atoms with Gasteiger partial charge in [-0.3, -0.25) is 14.4 Å². The van der Waals surface area contributed by atoms with Crippen molar-refractivity contribution >= 4 is 17.6 Å². The van der Waals surface area contributed by atoms with Gasteiger partial charge in [-0.15, -0.1) is 0 Å². The number of carbonyl (C=O) groups excluding carboxylic acids is 3. The molecular weight excluding hydrogens is 280 g/mol. The molecule has 22 heavy (non-hydrogen) atoms. The molecule has 2 amide bonds. The van der Waals surface area contributed by atoms with Gasteiger partial charge in [0, 0.05) is 24.8 Å². The molecule has 0 aliphatic heterocycles. The van der Waals surface area contributed by atoms with Crippen LogP contribution in [0.4, 0.5) is 0 Å². The minimum Gasteiger partial charge on any atom is -0.354 e. The SMILES string of the molecule is CC(C)NC(=O)[C@@H](C)CC(=O)[C@H](C)NC(=O)CCC(C)(C)C. The first-order valence-electron chi connectivity index (χ1n) is 8.05. The van der Waals surface area contributed by atoms with Gasteiger partial charge in [-0.1, -0.05) is 27.7 Å². The molecule has 0 spiro atoms. The monoisotopic (exact) mass is 312 g/mol. The Morgan fingerprint density at radius 3 is 1.95 bits per heavy atom. The van der Waals surface area contributed by atoms with Crippen molar-refractivity contribution in [3.8, 4) is 0 Å². The second kappa shape index (κ2) is 8.91. The number of carbonyl (C=O) groups is 3. The van der Waals surface area contributed by atoms with Crippen LogP contribution < -0.4 is 10.6 Å². The molecule has 0 aromatic heterocycles. The minimum absolute atomic E-state index is 0.0552. The standard InChI is InChI=1S/C17H32N2O3/c1-11(2)18-16(22)12(3)10-14(20)13(4)19-15(21)8-9-17(5,6)7/h11-13H,8-10H2,1-7H3,(H,18,22)(H,19,21)/t12-,13-/m0/s1. The molecule has 0 fully saturated rings. The summed E-state index contributed by atoms with van der Waals surface area (Å²) in [6, 6.07) is -0.499. The van der Waals surface area contributed by atoms with Crippen molar-refractivity contribution in [3.05, 3.63) is 0 Å². The summed E-state index contributed by atoms with van der Waals surface area (Å²) < 4.78 is 0. The van der Waals surface area contributed by atoms with Crippen LogP contribution in [0.5, 0.6) is 0 Å². The first kappa shape index (κ1) is 20.6. The van der Waals surface area contributed by atoms with Crippen LogP contribution >= 0.6 is 0 Å². The summed E-state index contributed by atoms with van der Waals surface area (Å²) in [5, 5.41) is 5.50. The molecule has 128 valence electrons. The Morgan fingerprint density at radius 1 is 0.955 bits per heavy atom. The quantitative estimate of drug-likeness (QED) is 0.723. The van der Waals surface area contributed by atoms with E-state index in [2.05, 4.69) is 31.4 Å². The highest BCUT2D eigenvalue weighted by atomic mass is 16.2. The number of rotatable bonds is 8. The van der Waals surface area contributed by atoms with Gasteiger partial charge in [-0.05, 0) is 32.6 Å². The van der Waals surface area contributed by atoms with E-state index in [0.717, 1.165) is 6.42 Å². The van der Waals surface area contributed by atoms with Gasteiger partial charge in [0.05, 0.1) is 6.04 Å². The molecule has 5 heteroatoms. The van der Waals surface area contributed by atoms with Gasteiger partial charge in [-0.2, -0.15) is 0 Å². The van der Waals surface area contributed by atoms with Gasteiger partial charge in [0.25, 0.3) is 0 Å². The maximum absolute atomic E-state index is 12.1. The van der Waals surface area contributed by atoms with Crippen LogP contribution in [0.2, 0.25) is 0 Å². The minimum atomic E-state index is -0.554. The molecule has 0 bridgehead atoms. The molecule has 0 aliphatic carbocycles. The molecule has 0 aromatic rings. The molecule has 0 aliphatic rings. The molecule has 0 heterocycles. The zero-order valence-electron chi connectivity index (χ0n) is 15.1. The van der Waals surface area contributed by atoms with E-state index in [4.69, 9.17) is 0 Å². The van der Waals surface area contributed by atoms with Gasteiger partial charge in [0.15, 0.2) is 5.78 Å². The Balaban J connectivity index is 4.26. The van der Waals surface area contributed by atoms with Crippen LogP contribution in [0.25, 0.3) is 0 Å². The molecule has 2 N–H and O–H groups in total. The lowest BCUT2D eigenvalue weighted by Gasteiger charge is -2.19. The topological polar surface area (TPSA) is 75.3 Å². The van der Waals surface area contributed by atoms with E-state index in [1.807, 2.05) is 13.8 Å². The lowest BCUT2D eigenvalue weighted by Crippen LogP contribution is -2.41. The van der Waals surface area contributed by atoms with E-state index < -0.39 is 6.04 Å². The summed E-state index contributed by atoms with van der Waals surface area (Å²) in [5.74, 6) is -0.746. The first-order valence-corrected chi connectivity index (χ1v) is 8.05. The van der Waals surface area contributed by atoms with Crippen molar-refractivity contribution in [2.45, 2.75) is 79.8 Å². The summed E-state index contributed by atoms with van der Waals surface area (Å²) in [5.41, 5.74) is 0.0913. The van der Waals surface area contributed by atoms with E-state index in [1.165, 1.54) is 0 Å². The average Bonchev–Trinajstić information content (AvgIpc) is 2.34. The van der Waals surface area contributed by atoms with Gasteiger partial charge < -0.3 is 10.6 Å². The van der Waals surface area contributed by atoms with Crippen LogP contribution in [0.15, 0.2) is 0 Å². The number of ketones is 1. The summed E-state index contributed by atoms with van der Waals surface area (Å²) in [6.45, 7) is 13.4. The van der Waals surface area contributed by atoms with Crippen LogP contribution in [-0.2, 0) is 14.4 Å². The maximum Gasteiger partial charge on any atom is 0.223 e. The molecule has 0 saturated carbocycles. The van der Waals surface area contributed by atoms with Crippen molar-refractivity contribution in [3.63, 3.8) is 0 Å². The Labute approximate surface area is 134 Å². The molecule has 5 nitrogen and oxygen atoms in total. The highest BCUT2D eigenvalue weighted by molar-refractivity contribution is 5.92. The maximum atomic E-state index is 12.1. The van der Waals surface area contributed by atoms with E-state index in [-0.39, 0.29) is 41.4 Å². The fourth-order valence-electron chi connectivity index (χ4n) is 1.88. The van der Waals surface area contributed by atoms with E-state index in [0.29, 0.717) is 6.42 Å². The second-order valence-electron chi connectivity index (χ2n) is 7.58. The van der Waals surface area contributed by atoms with Crippen molar-refractivity contribution in [1.82, 2.24) is 10.6 Å². The summed E-state index contributed by atoms with van der Waals surface area (Å²) in [4.78, 5) is 35.7. The highest BCUT2D eigenvalue weighted by Crippen LogP contribution is 2.20. The molecule has 0 rings (SSSR count). The molecular formula is C17H32N2O3. The summed E-state index contributed by atoms with van der Waals surface area (Å²) >= 11 is 0. The smallest absolute Gasteiger partial charge is 0.223 e. The van der Waals surface area contributed by atoms with E-state index in [9.17, 15) is 14.4 Å². The molecule has 0 saturated heterocycles. The fourth-order valence-corrected chi connectivity index (χ4v) is 1.88. The Morgan fingerprint density at radius 2 is 1.50 bits per heavy atom. The predicted molar refractivity (Wildman–Crippen MR) is 88.4 cm³/mol. The largest absolute Gasteiger partial charge is 0.354 e. The number of hydrogen-bond acceptors (Lipinski definition) is 3. The highest BCUT2D eigenvalue weighted by Gasteiger charge is 2.22.